The second kappa shape index (κ2) is 7.60. The van der Waals surface area contributed by atoms with Crippen molar-refractivity contribution in [3.63, 3.8) is 0 Å². The summed E-state index contributed by atoms with van der Waals surface area (Å²) in [6.45, 7) is 2.38. The topological polar surface area (TPSA) is 86.8 Å². The molecular formula is C23H28F3N3O4S. The third-order valence-corrected chi connectivity index (χ3v) is 8.97. The van der Waals surface area contributed by atoms with Crippen LogP contribution in [-0.2, 0) is 27.2 Å². The number of rotatable bonds is 3. The van der Waals surface area contributed by atoms with E-state index in [1.807, 2.05) is 4.90 Å². The molecular weight excluding hydrogens is 471 g/mol. The zero-order chi connectivity index (χ0) is 24.5. The van der Waals surface area contributed by atoms with Crippen LogP contribution in [0.15, 0.2) is 23.1 Å². The number of halogens is 3. The zero-order valence-corrected chi connectivity index (χ0v) is 19.8. The number of nitrogens with zero attached hydrogens (tertiary/aromatic N) is 2. The van der Waals surface area contributed by atoms with Crippen molar-refractivity contribution in [2.24, 2.45) is 11.3 Å². The van der Waals surface area contributed by atoms with E-state index in [0.717, 1.165) is 44.1 Å². The monoisotopic (exact) mass is 499 g/mol. The Morgan fingerprint density at radius 3 is 2.38 bits per heavy atom. The lowest BCUT2D eigenvalue weighted by Crippen LogP contribution is -2.75. The van der Waals surface area contributed by atoms with E-state index in [4.69, 9.17) is 0 Å². The molecule has 186 valence electrons. The first-order valence-electron chi connectivity index (χ1n) is 11.5. The van der Waals surface area contributed by atoms with Crippen LogP contribution >= 0.6 is 0 Å². The lowest BCUT2D eigenvalue weighted by Gasteiger charge is -2.61. The highest BCUT2D eigenvalue weighted by Gasteiger charge is 2.56. The predicted molar refractivity (Wildman–Crippen MR) is 117 cm³/mol. The molecule has 0 bridgehead atoms. The van der Waals surface area contributed by atoms with Crippen molar-refractivity contribution in [3.05, 3.63) is 29.3 Å². The van der Waals surface area contributed by atoms with E-state index in [-0.39, 0.29) is 33.7 Å². The second-order valence-corrected chi connectivity index (χ2v) is 12.7. The number of hydrogen-bond acceptors (Lipinski definition) is 4. The minimum Gasteiger partial charge on any atom is -0.347 e. The number of alkyl halides is 3. The summed E-state index contributed by atoms with van der Waals surface area (Å²) >= 11 is 0. The molecule has 1 aromatic rings. The molecule has 0 unspecified atom stereocenters. The molecule has 3 heterocycles. The van der Waals surface area contributed by atoms with Crippen LogP contribution in [0.4, 0.5) is 18.0 Å². The van der Waals surface area contributed by atoms with Crippen LogP contribution in [0.5, 0.6) is 0 Å². The first kappa shape index (κ1) is 23.4. The van der Waals surface area contributed by atoms with Crippen LogP contribution < -0.4 is 5.32 Å². The average molecular weight is 500 g/mol. The molecule has 1 aliphatic carbocycles. The van der Waals surface area contributed by atoms with Gasteiger partial charge in [0.15, 0.2) is 9.84 Å². The van der Waals surface area contributed by atoms with E-state index in [1.165, 1.54) is 6.07 Å². The number of carbonyl (C=O) groups excluding carboxylic acids is 2. The number of nitrogens with one attached hydrogen (secondary N) is 1. The third kappa shape index (κ3) is 4.16. The van der Waals surface area contributed by atoms with Gasteiger partial charge in [0.2, 0.25) is 5.91 Å². The molecule has 1 saturated carbocycles. The van der Waals surface area contributed by atoms with Crippen molar-refractivity contribution in [1.29, 1.82) is 0 Å². The van der Waals surface area contributed by atoms with Crippen molar-refractivity contribution in [3.8, 4) is 0 Å². The van der Waals surface area contributed by atoms with Crippen LogP contribution in [0, 0.1) is 11.3 Å². The fourth-order valence-electron chi connectivity index (χ4n) is 6.29. The minimum atomic E-state index is -4.60. The average Bonchev–Trinajstić information content (AvgIpc) is 2.64. The molecule has 3 amide bonds. The van der Waals surface area contributed by atoms with Gasteiger partial charge in [-0.15, -0.1) is 0 Å². The van der Waals surface area contributed by atoms with E-state index in [1.54, 1.807) is 4.90 Å². The van der Waals surface area contributed by atoms with Gasteiger partial charge < -0.3 is 15.1 Å². The van der Waals surface area contributed by atoms with Crippen molar-refractivity contribution in [2.75, 3.05) is 32.4 Å². The predicted octanol–water partition coefficient (Wildman–Crippen LogP) is 2.84. The van der Waals surface area contributed by atoms with Gasteiger partial charge >= 0.3 is 12.2 Å². The number of likely N-dealkylation sites (tertiary alicyclic amines) is 2. The Labute approximate surface area is 196 Å². The third-order valence-electron chi connectivity index (χ3n) is 7.79. The Balaban J connectivity index is 1.14. The maximum absolute atomic E-state index is 13.0. The van der Waals surface area contributed by atoms with Gasteiger partial charge in [-0.3, -0.25) is 4.79 Å². The lowest BCUT2D eigenvalue weighted by atomic mass is 9.56. The summed E-state index contributed by atoms with van der Waals surface area (Å²) in [5, 5.41) is 3.03. The summed E-state index contributed by atoms with van der Waals surface area (Å²) in [5.41, 5.74) is -0.772. The fraction of sp³-hybridized carbons (Fsp3) is 0.652. The molecule has 5 rings (SSSR count). The van der Waals surface area contributed by atoms with E-state index in [9.17, 15) is 31.2 Å². The Hall–Kier alpha value is -2.30. The largest absolute Gasteiger partial charge is 0.416 e. The highest BCUT2D eigenvalue weighted by molar-refractivity contribution is 7.90. The summed E-state index contributed by atoms with van der Waals surface area (Å²) < 4.78 is 63.4. The molecule has 0 atom stereocenters. The number of benzene rings is 1. The first-order valence-corrected chi connectivity index (χ1v) is 13.4. The molecule has 7 nitrogen and oxygen atoms in total. The first-order chi connectivity index (χ1) is 15.8. The van der Waals surface area contributed by atoms with Gasteiger partial charge in [-0.05, 0) is 55.7 Å². The van der Waals surface area contributed by atoms with Gasteiger partial charge in [0.1, 0.15) is 0 Å². The molecule has 11 heteroatoms. The number of piperidine rings is 1. The van der Waals surface area contributed by atoms with Crippen LogP contribution in [0.25, 0.3) is 0 Å². The van der Waals surface area contributed by atoms with E-state index in [0.29, 0.717) is 44.6 Å². The van der Waals surface area contributed by atoms with Crippen molar-refractivity contribution in [1.82, 2.24) is 15.1 Å². The number of carbonyl (C=O) groups is 2. The molecule has 1 N–H and O–H groups in total. The Kier molecular flexibility index (Phi) is 5.24. The Morgan fingerprint density at radius 1 is 1.15 bits per heavy atom. The van der Waals surface area contributed by atoms with Crippen molar-refractivity contribution >= 4 is 21.8 Å². The summed E-state index contributed by atoms with van der Waals surface area (Å²) in [7, 11) is -3.79. The summed E-state index contributed by atoms with van der Waals surface area (Å²) in [5.74, 6) is 0.230. The maximum Gasteiger partial charge on any atom is 0.416 e. The molecule has 3 aliphatic heterocycles. The second-order valence-electron chi connectivity index (χ2n) is 10.7. The van der Waals surface area contributed by atoms with Gasteiger partial charge in [0.05, 0.1) is 16.0 Å². The van der Waals surface area contributed by atoms with E-state index < -0.39 is 21.6 Å². The van der Waals surface area contributed by atoms with Gasteiger partial charge in [0.25, 0.3) is 0 Å². The van der Waals surface area contributed by atoms with Crippen LogP contribution in [-0.4, -0.2) is 68.1 Å². The van der Waals surface area contributed by atoms with Gasteiger partial charge in [0, 0.05) is 44.3 Å². The molecule has 34 heavy (non-hydrogen) atoms. The smallest absolute Gasteiger partial charge is 0.347 e. The van der Waals surface area contributed by atoms with E-state index >= 15 is 0 Å². The van der Waals surface area contributed by atoms with Gasteiger partial charge in [-0.25, -0.2) is 13.2 Å². The molecule has 2 spiro atoms. The summed E-state index contributed by atoms with van der Waals surface area (Å²) in [6, 6.07) is 2.94. The molecule has 4 aliphatic rings. The number of sulfone groups is 1. The van der Waals surface area contributed by atoms with Crippen LogP contribution in [0.2, 0.25) is 0 Å². The lowest BCUT2D eigenvalue weighted by molar-refractivity contribution is -0.137. The van der Waals surface area contributed by atoms with Crippen LogP contribution in [0.1, 0.15) is 43.2 Å². The van der Waals surface area contributed by atoms with Crippen molar-refractivity contribution in [2.45, 2.75) is 55.1 Å². The number of urea groups is 1. The van der Waals surface area contributed by atoms with Gasteiger partial charge in [-0.1, -0.05) is 6.07 Å². The zero-order valence-electron chi connectivity index (χ0n) is 19.0. The minimum absolute atomic E-state index is 0.0124. The van der Waals surface area contributed by atoms with Crippen molar-refractivity contribution < 1.29 is 31.2 Å². The standard InChI is InChI=1S/C23H28F3N3O4S/c1-34(32,33)18-8-17(23(24,25)26)5-4-16(18)7-15-9-21(10-15)11-28(12-21)20(31)29-13-22(14-29)6-2-3-19(30)27-22/h4-5,8,15H,2-3,6-7,9-14H2,1H3,(H,27,30). The molecule has 0 aromatic heterocycles. The quantitative estimate of drug-likeness (QED) is 0.693. The summed E-state index contributed by atoms with van der Waals surface area (Å²) in [6.07, 6.45) is 0.674. The molecule has 1 aromatic carbocycles. The highest BCUT2D eigenvalue weighted by Crippen LogP contribution is 2.53. The number of hydrogen-bond donors (Lipinski definition) is 1. The molecule has 4 fully saturated rings. The normalized spacial score (nSPS) is 23.8. The molecule has 0 radical (unpaired) electrons. The van der Waals surface area contributed by atoms with E-state index in [2.05, 4.69) is 5.32 Å². The highest BCUT2D eigenvalue weighted by atomic mass is 32.2. The number of amides is 3. The Bertz CT molecular complexity index is 1130. The Morgan fingerprint density at radius 2 is 1.79 bits per heavy atom. The maximum atomic E-state index is 13.0. The fourth-order valence-corrected chi connectivity index (χ4v) is 7.26. The SMILES string of the molecule is CS(=O)(=O)c1cc(C(F)(F)F)ccc1CC1CC2(C1)CN(C(=O)N1CC3(CCCC(=O)N3)C1)C2. The summed E-state index contributed by atoms with van der Waals surface area (Å²) in [4.78, 5) is 27.8. The van der Waals surface area contributed by atoms with Crippen LogP contribution in [0.3, 0.4) is 0 Å². The molecule has 3 saturated heterocycles. The van der Waals surface area contributed by atoms with Gasteiger partial charge in [-0.2, -0.15) is 13.2 Å².